The van der Waals surface area contributed by atoms with Gasteiger partial charge in [-0.1, -0.05) is 0 Å². The van der Waals surface area contributed by atoms with Crippen LogP contribution in [0.4, 0.5) is 4.39 Å². The Morgan fingerprint density at radius 2 is 2.14 bits per heavy atom. The van der Waals surface area contributed by atoms with Crippen molar-refractivity contribution in [1.29, 1.82) is 0 Å². The summed E-state index contributed by atoms with van der Waals surface area (Å²) in [7, 11) is 0. The van der Waals surface area contributed by atoms with Crippen molar-refractivity contribution in [1.82, 2.24) is 9.78 Å². The van der Waals surface area contributed by atoms with E-state index in [2.05, 4.69) is 21.0 Å². The van der Waals surface area contributed by atoms with Crippen LogP contribution in [0.3, 0.4) is 0 Å². The van der Waals surface area contributed by atoms with Crippen molar-refractivity contribution in [2.24, 2.45) is 5.73 Å². The van der Waals surface area contributed by atoms with Crippen LogP contribution >= 0.6 is 15.9 Å². The summed E-state index contributed by atoms with van der Waals surface area (Å²) < 4.78 is 15.0. The summed E-state index contributed by atoms with van der Waals surface area (Å²) in [6, 6.07) is 4.28. The van der Waals surface area contributed by atoms with Gasteiger partial charge < -0.3 is 5.73 Å². The lowest BCUT2D eigenvalue weighted by atomic mass is 9.94. The predicted molar refractivity (Wildman–Crippen MR) is 77.0 cm³/mol. The number of hydrogen-bond acceptors (Lipinski definition) is 3. The number of Topliss-reactive ketones (excluding diaryl/α,β-unsaturated/α-hetero) is 1. The van der Waals surface area contributed by atoms with Crippen LogP contribution in [0.2, 0.25) is 0 Å². The average Bonchev–Trinajstić information content (AvgIpc) is 2.83. The van der Waals surface area contributed by atoms with E-state index in [0.717, 1.165) is 0 Å². The van der Waals surface area contributed by atoms with Crippen molar-refractivity contribution in [2.45, 2.75) is 19.3 Å². The van der Waals surface area contributed by atoms with Crippen LogP contribution in [0, 0.1) is 5.82 Å². The molecule has 0 saturated carbocycles. The fraction of sp³-hybridized carbons (Fsp3) is 0.214. The van der Waals surface area contributed by atoms with E-state index in [-0.39, 0.29) is 15.9 Å². The van der Waals surface area contributed by atoms with Crippen LogP contribution in [-0.2, 0) is 6.42 Å². The van der Waals surface area contributed by atoms with Crippen molar-refractivity contribution < 1.29 is 14.0 Å². The molecule has 0 aliphatic heterocycles. The maximum atomic E-state index is 13.3. The molecule has 0 saturated heterocycles. The molecule has 1 heterocycles. The zero-order valence-corrected chi connectivity index (χ0v) is 12.5. The highest BCUT2D eigenvalue weighted by Gasteiger charge is 2.29. The van der Waals surface area contributed by atoms with Crippen molar-refractivity contribution in [3.63, 3.8) is 0 Å². The largest absolute Gasteiger partial charge is 0.364 e. The number of nitrogens with zero attached hydrogens (tertiary/aromatic N) is 2. The lowest BCUT2D eigenvalue weighted by molar-refractivity contribution is 0.0964. The van der Waals surface area contributed by atoms with Gasteiger partial charge in [0.1, 0.15) is 11.5 Å². The van der Waals surface area contributed by atoms with Crippen molar-refractivity contribution in [3.8, 4) is 5.69 Å². The molecule has 21 heavy (non-hydrogen) atoms. The number of rotatable bonds is 2. The van der Waals surface area contributed by atoms with Gasteiger partial charge in [0.2, 0.25) is 0 Å². The number of hydrogen-bond donors (Lipinski definition) is 1. The standard InChI is InChI=1S/C14H11BrFN3O2/c15-9-6-7(4-5-10(9)16)19-13-8(2-1-3-11(13)20)12(18-19)14(17)21/h4-6H,1-3H2,(H2,17,21). The van der Waals surface area contributed by atoms with Crippen LogP contribution < -0.4 is 5.73 Å². The SMILES string of the molecule is NC(=O)c1nn(-c2ccc(F)c(Br)c2)c2c1CCCC2=O. The maximum absolute atomic E-state index is 13.3. The van der Waals surface area contributed by atoms with E-state index < -0.39 is 11.7 Å². The van der Waals surface area contributed by atoms with Gasteiger partial charge in [-0.05, 0) is 47.0 Å². The highest BCUT2D eigenvalue weighted by Crippen LogP contribution is 2.28. The molecule has 108 valence electrons. The summed E-state index contributed by atoms with van der Waals surface area (Å²) in [4.78, 5) is 23.7. The quantitative estimate of drug-likeness (QED) is 0.902. The van der Waals surface area contributed by atoms with Gasteiger partial charge in [0, 0.05) is 12.0 Å². The smallest absolute Gasteiger partial charge is 0.269 e. The molecule has 5 nitrogen and oxygen atoms in total. The number of carbonyl (C=O) groups excluding carboxylic acids is 2. The normalized spacial score (nSPS) is 14.1. The Labute approximate surface area is 128 Å². The number of nitrogens with two attached hydrogens (primary N) is 1. The van der Waals surface area contributed by atoms with E-state index in [1.54, 1.807) is 0 Å². The molecule has 1 aliphatic rings. The van der Waals surface area contributed by atoms with Gasteiger partial charge in [0.15, 0.2) is 11.5 Å². The van der Waals surface area contributed by atoms with Crippen LogP contribution in [0.5, 0.6) is 0 Å². The predicted octanol–water partition coefficient (Wildman–Crippen LogP) is 2.39. The molecule has 2 N–H and O–H groups in total. The van der Waals surface area contributed by atoms with Crippen LogP contribution in [-0.4, -0.2) is 21.5 Å². The fourth-order valence-electron chi connectivity index (χ4n) is 2.52. The second-order valence-corrected chi connectivity index (χ2v) is 5.68. The third kappa shape index (κ3) is 2.27. The molecule has 3 rings (SSSR count). The molecular weight excluding hydrogens is 341 g/mol. The first-order chi connectivity index (χ1) is 9.99. The van der Waals surface area contributed by atoms with E-state index in [9.17, 15) is 14.0 Å². The lowest BCUT2D eigenvalue weighted by Gasteiger charge is -2.13. The zero-order chi connectivity index (χ0) is 15.1. The number of carbonyl (C=O) groups is 2. The highest BCUT2D eigenvalue weighted by molar-refractivity contribution is 9.10. The monoisotopic (exact) mass is 351 g/mol. The summed E-state index contributed by atoms with van der Waals surface area (Å²) in [6.45, 7) is 0. The minimum Gasteiger partial charge on any atom is -0.364 e. The Kier molecular flexibility index (Phi) is 3.36. The number of primary amides is 1. The second kappa shape index (κ2) is 5.07. The number of ketones is 1. The van der Waals surface area contributed by atoms with Gasteiger partial charge in [-0.25, -0.2) is 9.07 Å². The first kappa shape index (κ1) is 13.9. The number of halogens is 2. The molecule has 1 aromatic carbocycles. The minimum atomic E-state index is -0.666. The number of benzene rings is 1. The highest BCUT2D eigenvalue weighted by atomic mass is 79.9. The first-order valence-electron chi connectivity index (χ1n) is 6.39. The molecule has 0 bridgehead atoms. The molecule has 1 aromatic heterocycles. The van der Waals surface area contributed by atoms with E-state index >= 15 is 0 Å². The maximum Gasteiger partial charge on any atom is 0.269 e. The topological polar surface area (TPSA) is 78.0 Å². The van der Waals surface area contributed by atoms with E-state index in [1.807, 2.05) is 0 Å². The summed E-state index contributed by atoms with van der Waals surface area (Å²) in [5, 5.41) is 4.16. The molecule has 2 aromatic rings. The van der Waals surface area contributed by atoms with Crippen LogP contribution in [0.1, 0.15) is 39.4 Å². The van der Waals surface area contributed by atoms with E-state index in [4.69, 9.17) is 5.73 Å². The first-order valence-corrected chi connectivity index (χ1v) is 7.18. The Morgan fingerprint density at radius 3 is 2.81 bits per heavy atom. The molecule has 7 heteroatoms. The molecular formula is C14H11BrFN3O2. The van der Waals surface area contributed by atoms with Crippen molar-refractivity contribution >= 4 is 27.6 Å². The molecule has 1 aliphatic carbocycles. The number of aromatic nitrogens is 2. The van der Waals surface area contributed by atoms with Gasteiger partial charge >= 0.3 is 0 Å². The van der Waals surface area contributed by atoms with E-state index in [1.165, 1.54) is 22.9 Å². The lowest BCUT2D eigenvalue weighted by Crippen LogP contribution is -2.17. The third-order valence-corrected chi connectivity index (χ3v) is 4.07. The minimum absolute atomic E-state index is 0.0864. The summed E-state index contributed by atoms with van der Waals surface area (Å²) in [5.41, 5.74) is 6.90. The Hall–Kier alpha value is -2.02. The molecule has 0 spiro atoms. The summed E-state index contributed by atoms with van der Waals surface area (Å²) in [5.74, 6) is -1.17. The summed E-state index contributed by atoms with van der Waals surface area (Å²) in [6.07, 6.45) is 1.66. The Bertz CT molecular complexity index is 770. The van der Waals surface area contributed by atoms with Crippen molar-refractivity contribution in [3.05, 3.63) is 45.4 Å². The molecule has 1 amide bonds. The van der Waals surface area contributed by atoms with Gasteiger partial charge in [0.05, 0.1) is 10.2 Å². The molecule has 0 radical (unpaired) electrons. The number of amides is 1. The van der Waals surface area contributed by atoms with Crippen LogP contribution in [0.15, 0.2) is 22.7 Å². The van der Waals surface area contributed by atoms with Gasteiger partial charge in [-0.2, -0.15) is 5.10 Å². The van der Waals surface area contributed by atoms with Crippen molar-refractivity contribution in [2.75, 3.05) is 0 Å². The van der Waals surface area contributed by atoms with Gasteiger partial charge in [0.25, 0.3) is 5.91 Å². The van der Waals surface area contributed by atoms with Crippen LogP contribution in [0.25, 0.3) is 5.69 Å². The van der Waals surface area contributed by atoms with Gasteiger partial charge in [-0.3, -0.25) is 9.59 Å². The Balaban J connectivity index is 2.25. The van der Waals surface area contributed by atoms with E-state index in [0.29, 0.717) is 36.2 Å². The molecule has 0 fully saturated rings. The zero-order valence-electron chi connectivity index (χ0n) is 10.9. The Morgan fingerprint density at radius 1 is 1.38 bits per heavy atom. The number of fused-ring (bicyclic) bond motifs is 1. The third-order valence-electron chi connectivity index (χ3n) is 3.46. The van der Waals surface area contributed by atoms with Gasteiger partial charge in [-0.15, -0.1) is 0 Å². The molecule has 0 unspecified atom stereocenters. The molecule has 0 atom stereocenters. The second-order valence-electron chi connectivity index (χ2n) is 4.83. The summed E-state index contributed by atoms with van der Waals surface area (Å²) >= 11 is 3.10. The average molecular weight is 352 g/mol. The fourth-order valence-corrected chi connectivity index (χ4v) is 2.89.